The zero-order chi connectivity index (χ0) is 11.0. The normalized spacial score (nSPS) is 10.9. The van der Waals surface area contributed by atoms with Crippen molar-refractivity contribution in [3.63, 3.8) is 0 Å². The van der Waals surface area contributed by atoms with E-state index in [9.17, 15) is 0 Å². The first-order valence-electron chi connectivity index (χ1n) is 5.02. The Labute approximate surface area is 89.0 Å². The molecule has 2 aromatic heterocycles. The van der Waals surface area contributed by atoms with Gasteiger partial charge in [-0.1, -0.05) is 13.8 Å². The Morgan fingerprint density at radius 3 is 2.73 bits per heavy atom. The van der Waals surface area contributed by atoms with Crippen LogP contribution in [0.2, 0.25) is 0 Å². The van der Waals surface area contributed by atoms with Crippen molar-refractivity contribution in [3.05, 3.63) is 35.3 Å². The predicted molar refractivity (Wildman–Crippen MR) is 58.7 cm³/mol. The number of aryl methyl sites for hydroxylation is 1. The molecule has 0 unspecified atom stereocenters. The maximum absolute atomic E-state index is 8.91. The smallest absolute Gasteiger partial charge is 0.137 e. The van der Waals surface area contributed by atoms with Gasteiger partial charge in [0.05, 0.1) is 11.3 Å². The molecule has 2 heterocycles. The fourth-order valence-electron chi connectivity index (χ4n) is 1.60. The number of fused-ring (bicyclic) bond motifs is 1. The van der Waals surface area contributed by atoms with Crippen LogP contribution in [-0.4, -0.2) is 9.38 Å². The van der Waals surface area contributed by atoms with Gasteiger partial charge in [-0.3, -0.25) is 0 Å². The minimum atomic E-state index is 0.412. The lowest BCUT2D eigenvalue weighted by molar-refractivity contribution is 0.833. The molecule has 0 bridgehead atoms. The van der Waals surface area contributed by atoms with Gasteiger partial charge in [-0.2, -0.15) is 5.26 Å². The van der Waals surface area contributed by atoms with E-state index in [1.165, 1.54) is 0 Å². The molecule has 0 spiro atoms. The van der Waals surface area contributed by atoms with Crippen LogP contribution in [0, 0.1) is 18.3 Å². The monoisotopic (exact) mass is 199 g/mol. The number of aromatic nitrogens is 2. The first kappa shape index (κ1) is 9.72. The highest BCUT2D eigenvalue weighted by atomic mass is 15.0. The highest BCUT2D eigenvalue weighted by Gasteiger charge is 2.08. The van der Waals surface area contributed by atoms with Crippen LogP contribution in [0.15, 0.2) is 18.3 Å². The van der Waals surface area contributed by atoms with Crippen LogP contribution in [0.1, 0.15) is 36.7 Å². The standard InChI is InChI=1S/C12H13N3/c1-8(2)11-7-15-9(3)10(6-13)4-5-12(15)14-11/h4-5,7-8H,1-3H3. The van der Waals surface area contributed by atoms with E-state index in [1.54, 1.807) is 0 Å². The molecule has 0 radical (unpaired) electrons. The van der Waals surface area contributed by atoms with Crippen LogP contribution < -0.4 is 0 Å². The molecule has 0 saturated heterocycles. The molecule has 3 heteroatoms. The van der Waals surface area contributed by atoms with Crippen molar-refractivity contribution in [1.29, 1.82) is 5.26 Å². The Morgan fingerprint density at radius 1 is 1.40 bits per heavy atom. The molecular weight excluding hydrogens is 186 g/mol. The number of nitrogens with zero attached hydrogens (tertiary/aromatic N) is 3. The summed E-state index contributed by atoms with van der Waals surface area (Å²) in [7, 11) is 0. The third-order valence-electron chi connectivity index (χ3n) is 2.61. The molecular formula is C12H13N3. The molecule has 0 aromatic carbocycles. The summed E-state index contributed by atoms with van der Waals surface area (Å²) in [4.78, 5) is 4.50. The van der Waals surface area contributed by atoms with Gasteiger partial charge in [0.25, 0.3) is 0 Å². The van der Waals surface area contributed by atoms with Crippen molar-refractivity contribution in [2.45, 2.75) is 26.7 Å². The lowest BCUT2D eigenvalue weighted by Crippen LogP contribution is -1.93. The second-order valence-electron chi connectivity index (χ2n) is 3.99. The molecule has 0 atom stereocenters. The van der Waals surface area contributed by atoms with E-state index in [4.69, 9.17) is 5.26 Å². The first-order chi connectivity index (χ1) is 7.13. The second-order valence-corrected chi connectivity index (χ2v) is 3.99. The third kappa shape index (κ3) is 1.48. The molecule has 2 aromatic rings. The lowest BCUT2D eigenvalue weighted by Gasteiger charge is -2.00. The molecule has 0 aliphatic carbocycles. The number of hydrogen-bond donors (Lipinski definition) is 0. The maximum Gasteiger partial charge on any atom is 0.137 e. The summed E-state index contributed by atoms with van der Waals surface area (Å²) in [6.45, 7) is 6.17. The van der Waals surface area contributed by atoms with Crippen molar-refractivity contribution >= 4 is 5.65 Å². The topological polar surface area (TPSA) is 41.1 Å². The van der Waals surface area contributed by atoms with Gasteiger partial charge in [-0.05, 0) is 25.0 Å². The van der Waals surface area contributed by atoms with Gasteiger partial charge >= 0.3 is 0 Å². The molecule has 0 aliphatic heterocycles. The molecule has 0 fully saturated rings. The van der Waals surface area contributed by atoms with Crippen LogP contribution in [0.4, 0.5) is 0 Å². The second kappa shape index (κ2) is 3.39. The Morgan fingerprint density at radius 2 is 2.13 bits per heavy atom. The minimum Gasteiger partial charge on any atom is -0.303 e. The van der Waals surface area contributed by atoms with Crippen LogP contribution in [-0.2, 0) is 0 Å². The van der Waals surface area contributed by atoms with Gasteiger partial charge < -0.3 is 4.40 Å². The fourth-order valence-corrected chi connectivity index (χ4v) is 1.60. The fraction of sp³-hybridized carbons (Fsp3) is 0.333. The van der Waals surface area contributed by atoms with Gasteiger partial charge in [0.15, 0.2) is 0 Å². The minimum absolute atomic E-state index is 0.412. The summed E-state index contributed by atoms with van der Waals surface area (Å²) in [6, 6.07) is 5.88. The number of nitriles is 1. The Bertz CT molecular complexity index is 544. The van der Waals surface area contributed by atoms with E-state index in [2.05, 4.69) is 24.9 Å². The molecule has 0 amide bonds. The largest absolute Gasteiger partial charge is 0.303 e. The summed E-state index contributed by atoms with van der Waals surface area (Å²) in [6.07, 6.45) is 2.01. The quantitative estimate of drug-likeness (QED) is 0.708. The van der Waals surface area contributed by atoms with E-state index in [1.807, 2.05) is 29.7 Å². The summed E-state index contributed by atoms with van der Waals surface area (Å²) in [5.41, 5.74) is 3.63. The third-order valence-corrected chi connectivity index (χ3v) is 2.61. The molecule has 0 saturated carbocycles. The maximum atomic E-state index is 8.91. The van der Waals surface area contributed by atoms with Gasteiger partial charge in [0.1, 0.15) is 11.7 Å². The van der Waals surface area contributed by atoms with Gasteiger partial charge in [-0.25, -0.2) is 4.98 Å². The van der Waals surface area contributed by atoms with Crippen molar-refractivity contribution in [3.8, 4) is 6.07 Å². The number of pyridine rings is 1. The Balaban J connectivity index is 2.72. The predicted octanol–water partition coefficient (Wildman–Crippen LogP) is 2.64. The number of rotatable bonds is 1. The summed E-state index contributed by atoms with van der Waals surface area (Å²) in [5.74, 6) is 0.412. The molecule has 15 heavy (non-hydrogen) atoms. The molecule has 0 N–H and O–H groups in total. The van der Waals surface area contributed by atoms with Crippen LogP contribution >= 0.6 is 0 Å². The highest BCUT2D eigenvalue weighted by Crippen LogP contribution is 2.17. The average Bonchev–Trinajstić information content (AvgIpc) is 2.63. The molecule has 0 aliphatic rings. The van der Waals surface area contributed by atoms with Crippen molar-refractivity contribution in [2.24, 2.45) is 0 Å². The van der Waals surface area contributed by atoms with Crippen LogP contribution in [0.3, 0.4) is 0 Å². The summed E-state index contributed by atoms with van der Waals surface area (Å²) < 4.78 is 1.98. The highest BCUT2D eigenvalue weighted by molar-refractivity contribution is 5.48. The molecule has 76 valence electrons. The Hall–Kier alpha value is -1.82. The zero-order valence-corrected chi connectivity index (χ0v) is 9.15. The number of imidazole rings is 1. The van der Waals surface area contributed by atoms with Crippen LogP contribution in [0.5, 0.6) is 0 Å². The van der Waals surface area contributed by atoms with Crippen LogP contribution in [0.25, 0.3) is 5.65 Å². The van der Waals surface area contributed by atoms with Crippen molar-refractivity contribution < 1.29 is 0 Å². The van der Waals surface area contributed by atoms with Gasteiger partial charge in [0.2, 0.25) is 0 Å². The van der Waals surface area contributed by atoms with E-state index < -0.39 is 0 Å². The summed E-state index contributed by atoms with van der Waals surface area (Å²) >= 11 is 0. The van der Waals surface area contributed by atoms with Crippen molar-refractivity contribution in [2.75, 3.05) is 0 Å². The van der Waals surface area contributed by atoms with E-state index >= 15 is 0 Å². The molecule has 3 nitrogen and oxygen atoms in total. The average molecular weight is 199 g/mol. The summed E-state index contributed by atoms with van der Waals surface area (Å²) in [5, 5.41) is 8.91. The van der Waals surface area contributed by atoms with Gasteiger partial charge in [0, 0.05) is 11.9 Å². The molecule has 2 rings (SSSR count). The Kier molecular flexibility index (Phi) is 2.20. The number of hydrogen-bond acceptors (Lipinski definition) is 2. The lowest BCUT2D eigenvalue weighted by atomic mass is 10.2. The zero-order valence-electron chi connectivity index (χ0n) is 9.15. The first-order valence-corrected chi connectivity index (χ1v) is 5.02. The van der Waals surface area contributed by atoms with E-state index in [0.717, 1.165) is 17.0 Å². The van der Waals surface area contributed by atoms with E-state index in [0.29, 0.717) is 11.5 Å². The van der Waals surface area contributed by atoms with Crippen molar-refractivity contribution in [1.82, 2.24) is 9.38 Å². The van der Waals surface area contributed by atoms with Gasteiger partial charge in [-0.15, -0.1) is 0 Å². The SMILES string of the molecule is Cc1c(C#N)ccc2nc(C(C)C)cn12. The van der Waals surface area contributed by atoms with E-state index in [-0.39, 0.29) is 0 Å².